The number of halogens is 1. The number of esters is 1. The van der Waals surface area contributed by atoms with Crippen molar-refractivity contribution < 1.29 is 19.0 Å². The lowest BCUT2D eigenvalue weighted by atomic mass is 9.93. The summed E-state index contributed by atoms with van der Waals surface area (Å²) in [6.07, 6.45) is 1.76. The van der Waals surface area contributed by atoms with Crippen LogP contribution in [0.3, 0.4) is 0 Å². The number of aromatic nitrogens is 1. The Hall–Kier alpha value is -4.92. The molecule has 4 aromatic carbocycles. The summed E-state index contributed by atoms with van der Waals surface area (Å²) in [6.45, 7) is 2.27. The molecule has 1 aromatic heterocycles. The molecular formula is C36H29ClN2O5S. The van der Waals surface area contributed by atoms with Gasteiger partial charge in [0.15, 0.2) is 4.80 Å². The molecule has 0 amide bonds. The average Bonchev–Trinajstić information content (AvgIpc) is 3.38. The van der Waals surface area contributed by atoms with Gasteiger partial charge in [-0.15, -0.1) is 0 Å². The maximum Gasteiger partial charge on any atom is 0.338 e. The zero-order chi connectivity index (χ0) is 31.3. The van der Waals surface area contributed by atoms with E-state index in [0.717, 1.165) is 11.1 Å². The molecule has 5 aromatic rings. The number of rotatable bonds is 9. The van der Waals surface area contributed by atoms with Crippen molar-refractivity contribution >= 4 is 40.7 Å². The van der Waals surface area contributed by atoms with Crippen LogP contribution in [-0.4, -0.2) is 24.3 Å². The van der Waals surface area contributed by atoms with Gasteiger partial charge in [-0.1, -0.05) is 95.7 Å². The summed E-state index contributed by atoms with van der Waals surface area (Å²) in [7, 11) is 1.59. The number of thiazole rings is 1. The Labute approximate surface area is 268 Å². The molecule has 0 fully saturated rings. The third-order valence-electron chi connectivity index (χ3n) is 7.30. The number of benzene rings is 4. The third-order valence-corrected chi connectivity index (χ3v) is 8.52. The van der Waals surface area contributed by atoms with Crippen molar-refractivity contribution in [1.29, 1.82) is 0 Å². The van der Waals surface area contributed by atoms with Gasteiger partial charge in [-0.2, -0.15) is 0 Å². The lowest BCUT2D eigenvalue weighted by Gasteiger charge is -2.26. The molecule has 1 aliphatic heterocycles. The monoisotopic (exact) mass is 636 g/mol. The second-order valence-electron chi connectivity index (χ2n) is 10.2. The van der Waals surface area contributed by atoms with Gasteiger partial charge in [-0.3, -0.25) is 9.36 Å². The van der Waals surface area contributed by atoms with Crippen molar-refractivity contribution in [3.8, 4) is 11.5 Å². The molecule has 0 spiro atoms. The summed E-state index contributed by atoms with van der Waals surface area (Å²) < 4.78 is 19.1. The van der Waals surface area contributed by atoms with E-state index in [2.05, 4.69) is 0 Å². The SMILES string of the molecule is CCOC(=O)C1=C(c2ccccc2)N=c2s/c(=C\c3cc(Cl)ccc3OCc3ccccc3)c(=O)n2[C@H]1c1ccc(OC)cc1. The van der Waals surface area contributed by atoms with E-state index in [-0.39, 0.29) is 17.7 Å². The van der Waals surface area contributed by atoms with E-state index in [1.54, 1.807) is 55.0 Å². The fourth-order valence-corrected chi connectivity index (χ4v) is 6.35. The average molecular weight is 637 g/mol. The molecule has 0 unspecified atom stereocenters. The van der Waals surface area contributed by atoms with Crippen LogP contribution in [0.25, 0.3) is 11.8 Å². The van der Waals surface area contributed by atoms with E-state index < -0.39 is 12.0 Å². The van der Waals surface area contributed by atoms with Gasteiger partial charge in [0.2, 0.25) is 0 Å². The van der Waals surface area contributed by atoms with Crippen LogP contribution in [0.15, 0.2) is 118 Å². The number of carbonyl (C=O) groups is 1. The van der Waals surface area contributed by atoms with Gasteiger partial charge >= 0.3 is 5.97 Å². The van der Waals surface area contributed by atoms with Crippen LogP contribution in [0, 0.1) is 0 Å². The summed E-state index contributed by atoms with van der Waals surface area (Å²) in [5, 5.41) is 0.508. The summed E-state index contributed by atoms with van der Waals surface area (Å²) in [5.41, 5.74) is 3.55. The van der Waals surface area contributed by atoms with Gasteiger partial charge in [0.1, 0.15) is 18.1 Å². The van der Waals surface area contributed by atoms with Gasteiger partial charge in [0.05, 0.1) is 35.6 Å². The van der Waals surface area contributed by atoms with Crippen LogP contribution in [-0.2, 0) is 16.1 Å². The van der Waals surface area contributed by atoms with Gasteiger partial charge in [0.25, 0.3) is 5.56 Å². The maximum absolute atomic E-state index is 14.3. The number of methoxy groups -OCH3 is 1. The number of hydrogen-bond donors (Lipinski definition) is 0. The first-order valence-electron chi connectivity index (χ1n) is 14.4. The minimum atomic E-state index is -0.795. The van der Waals surface area contributed by atoms with E-state index in [0.29, 0.717) is 49.3 Å². The van der Waals surface area contributed by atoms with E-state index >= 15 is 0 Å². The quantitative estimate of drug-likeness (QED) is 0.181. The molecule has 0 aliphatic carbocycles. The van der Waals surface area contributed by atoms with Crippen molar-refractivity contribution in [3.63, 3.8) is 0 Å². The lowest BCUT2D eigenvalue weighted by Crippen LogP contribution is -2.40. The van der Waals surface area contributed by atoms with Crippen LogP contribution in [0.2, 0.25) is 5.02 Å². The van der Waals surface area contributed by atoms with E-state index in [9.17, 15) is 9.59 Å². The minimum absolute atomic E-state index is 0.171. The molecule has 0 radical (unpaired) electrons. The Morgan fingerprint density at radius 1 is 0.978 bits per heavy atom. The van der Waals surface area contributed by atoms with Gasteiger partial charge in [-0.05, 0) is 54.5 Å². The molecule has 1 aliphatic rings. The Morgan fingerprint density at radius 3 is 2.38 bits per heavy atom. The van der Waals surface area contributed by atoms with Crippen molar-refractivity contribution in [3.05, 3.63) is 156 Å². The molecule has 45 heavy (non-hydrogen) atoms. The number of ether oxygens (including phenoxy) is 3. The molecule has 2 heterocycles. The molecule has 0 N–H and O–H groups in total. The van der Waals surface area contributed by atoms with E-state index in [1.165, 1.54) is 11.3 Å². The Balaban J connectivity index is 1.55. The molecule has 9 heteroatoms. The van der Waals surface area contributed by atoms with Crippen molar-refractivity contribution in [1.82, 2.24) is 4.57 Å². The van der Waals surface area contributed by atoms with Crippen molar-refractivity contribution in [2.45, 2.75) is 19.6 Å². The highest BCUT2D eigenvalue weighted by Gasteiger charge is 2.35. The minimum Gasteiger partial charge on any atom is -0.497 e. The predicted molar refractivity (Wildman–Crippen MR) is 176 cm³/mol. The van der Waals surface area contributed by atoms with Gasteiger partial charge < -0.3 is 14.2 Å². The van der Waals surface area contributed by atoms with Crippen LogP contribution in [0.1, 0.15) is 35.2 Å². The second kappa shape index (κ2) is 13.4. The van der Waals surface area contributed by atoms with E-state index in [4.69, 9.17) is 30.8 Å². The second-order valence-corrected chi connectivity index (χ2v) is 11.6. The number of fused-ring (bicyclic) bond motifs is 1. The van der Waals surface area contributed by atoms with Gasteiger partial charge in [-0.25, -0.2) is 9.79 Å². The fourth-order valence-electron chi connectivity index (χ4n) is 5.18. The number of carbonyl (C=O) groups excluding carboxylic acids is 1. The van der Waals surface area contributed by atoms with Crippen molar-refractivity contribution in [2.75, 3.05) is 13.7 Å². The number of hydrogen-bond acceptors (Lipinski definition) is 7. The Bertz CT molecular complexity index is 2050. The van der Waals surface area contributed by atoms with Crippen LogP contribution < -0.4 is 24.4 Å². The highest BCUT2D eigenvalue weighted by atomic mass is 35.5. The molecule has 226 valence electrons. The highest BCUT2D eigenvalue weighted by Crippen LogP contribution is 2.35. The molecule has 1 atom stereocenters. The summed E-state index contributed by atoms with van der Waals surface area (Å²) in [6, 6.07) is 31.1. The molecule has 0 saturated carbocycles. The highest BCUT2D eigenvalue weighted by molar-refractivity contribution is 7.07. The van der Waals surface area contributed by atoms with Gasteiger partial charge in [0, 0.05) is 16.1 Å². The smallest absolute Gasteiger partial charge is 0.338 e. The Kier molecular flexibility index (Phi) is 8.96. The van der Waals surface area contributed by atoms with Crippen LogP contribution in [0.5, 0.6) is 11.5 Å². The topological polar surface area (TPSA) is 79.1 Å². The lowest BCUT2D eigenvalue weighted by molar-refractivity contribution is -0.138. The maximum atomic E-state index is 14.3. The summed E-state index contributed by atoms with van der Waals surface area (Å²) in [5.74, 6) is 0.694. The molecule has 0 bridgehead atoms. The standard InChI is InChI=1S/C36H29ClN2O5S/c1-3-43-35(41)31-32(24-12-8-5-9-13-24)38-36-39(33(31)25-14-17-28(42-2)18-15-25)34(40)30(45-36)21-26-20-27(37)16-19-29(26)44-22-23-10-6-4-7-11-23/h4-21,33H,3,22H2,1-2H3/b30-21-/t33-/m0/s1. The van der Waals surface area contributed by atoms with Crippen LogP contribution in [0.4, 0.5) is 0 Å². The zero-order valence-electron chi connectivity index (χ0n) is 24.6. The first kappa shape index (κ1) is 30.1. The molecular weight excluding hydrogens is 608 g/mol. The fraction of sp³-hybridized carbons (Fsp3) is 0.139. The Morgan fingerprint density at radius 2 is 1.69 bits per heavy atom. The first-order chi connectivity index (χ1) is 22.0. The number of nitrogens with zero attached hydrogens (tertiary/aromatic N) is 2. The van der Waals surface area contributed by atoms with E-state index in [1.807, 2.05) is 72.8 Å². The molecule has 7 nitrogen and oxygen atoms in total. The molecule has 0 saturated heterocycles. The summed E-state index contributed by atoms with van der Waals surface area (Å²) >= 11 is 7.63. The third kappa shape index (κ3) is 6.34. The summed E-state index contributed by atoms with van der Waals surface area (Å²) in [4.78, 5) is 33.3. The molecule has 6 rings (SSSR count). The normalized spacial score (nSPS) is 14.5. The largest absolute Gasteiger partial charge is 0.497 e. The van der Waals surface area contributed by atoms with Crippen molar-refractivity contribution in [2.24, 2.45) is 4.99 Å². The zero-order valence-corrected chi connectivity index (χ0v) is 26.2. The first-order valence-corrected chi connectivity index (χ1v) is 15.5. The predicted octanol–water partition coefficient (Wildman–Crippen LogP) is 6.18. The van der Waals surface area contributed by atoms with Crippen LogP contribution >= 0.6 is 22.9 Å².